The zero-order valence-corrected chi connectivity index (χ0v) is 13.9. The van der Waals surface area contributed by atoms with Crippen molar-refractivity contribution >= 4 is 23.2 Å². The molecule has 24 heavy (non-hydrogen) atoms. The molecule has 1 aliphatic rings. The molecule has 3 rings (SSSR count). The fraction of sp³-hybridized carbons (Fsp3) is 0.312. The molecule has 8 heteroatoms. The lowest BCUT2D eigenvalue weighted by molar-refractivity contribution is -0.140. The van der Waals surface area contributed by atoms with Crippen molar-refractivity contribution in [2.45, 2.75) is 19.9 Å². The number of nitrogens with one attached hydrogen (secondary N) is 1. The fourth-order valence-corrected chi connectivity index (χ4v) is 3.08. The van der Waals surface area contributed by atoms with Gasteiger partial charge < -0.3 is 19.9 Å². The zero-order valence-electron chi connectivity index (χ0n) is 13.1. The molecule has 1 amide bonds. The maximum absolute atomic E-state index is 12.2. The molecule has 2 heterocycles. The number of rotatable bonds is 5. The number of thiazole rings is 1. The van der Waals surface area contributed by atoms with Gasteiger partial charge in [0.1, 0.15) is 15.9 Å². The molecule has 0 spiro atoms. The minimum atomic E-state index is -1.06. The highest BCUT2D eigenvalue weighted by Gasteiger charge is 2.25. The Labute approximate surface area is 142 Å². The van der Waals surface area contributed by atoms with Gasteiger partial charge in [-0.1, -0.05) is 13.8 Å². The molecule has 2 aromatic rings. The summed E-state index contributed by atoms with van der Waals surface area (Å²) in [5.74, 6) is -0.402. The van der Waals surface area contributed by atoms with Crippen LogP contribution >= 0.6 is 11.3 Å². The van der Waals surface area contributed by atoms with E-state index in [1.165, 1.54) is 17.5 Å². The first-order valence-corrected chi connectivity index (χ1v) is 8.17. The Bertz CT molecular complexity index is 787. The van der Waals surface area contributed by atoms with Gasteiger partial charge in [0.2, 0.25) is 6.79 Å². The van der Waals surface area contributed by atoms with Crippen molar-refractivity contribution in [3.05, 3.63) is 29.3 Å². The lowest BCUT2D eigenvalue weighted by Gasteiger charge is -2.17. The summed E-state index contributed by atoms with van der Waals surface area (Å²) in [6, 6.07) is 4.49. The van der Waals surface area contributed by atoms with Crippen LogP contribution in [0.1, 0.15) is 23.5 Å². The number of hydrogen-bond donors (Lipinski definition) is 2. The van der Waals surface area contributed by atoms with Gasteiger partial charge in [0.25, 0.3) is 5.91 Å². The second-order valence-corrected chi connectivity index (χ2v) is 6.66. The van der Waals surface area contributed by atoms with Crippen LogP contribution < -0.4 is 14.8 Å². The van der Waals surface area contributed by atoms with Gasteiger partial charge in [-0.15, -0.1) is 11.3 Å². The second-order valence-electron chi connectivity index (χ2n) is 5.63. The number of aromatic nitrogens is 1. The minimum absolute atomic E-state index is 0.191. The number of fused-ring (bicyclic) bond motifs is 1. The Hall–Kier alpha value is -2.61. The summed E-state index contributed by atoms with van der Waals surface area (Å²) < 4.78 is 10.6. The van der Waals surface area contributed by atoms with Crippen LogP contribution in [0.4, 0.5) is 0 Å². The second kappa shape index (κ2) is 6.48. The van der Waals surface area contributed by atoms with Crippen LogP contribution in [0.15, 0.2) is 24.4 Å². The lowest BCUT2D eigenvalue weighted by Crippen LogP contribution is -2.44. The van der Waals surface area contributed by atoms with Gasteiger partial charge in [0.05, 0.1) is 6.20 Å². The van der Waals surface area contributed by atoms with Crippen LogP contribution in [-0.4, -0.2) is 34.8 Å². The van der Waals surface area contributed by atoms with Crippen LogP contribution in [0.2, 0.25) is 0 Å². The Balaban J connectivity index is 1.78. The van der Waals surface area contributed by atoms with Gasteiger partial charge in [0, 0.05) is 5.56 Å². The van der Waals surface area contributed by atoms with E-state index >= 15 is 0 Å². The summed E-state index contributed by atoms with van der Waals surface area (Å²) in [5.41, 5.74) is 0.807. The third-order valence-corrected chi connectivity index (χ3v) is 4.61. The number of hydrogen-bond acceptors (Lipinski definition) is 6. The first-order valence-electron chi connectivity index (χ1n) is 7.35. The largest absolute Gasteiger partial charge is 0.480 e. The molecule has 1 aromatic carbocycles. The molecule has 1 aromatic heterocycles. The quantitative estimate of drug-likeness (QED) is 0.861. The van der Waals surface area contributed by atoms with E-state index in [-0.39, 0.29) is 12.7 Å². The summed E-state index contributed by atoms with van der Waals surface area (Å²) >= 11 is 1.19. The molecule has 0 unspecified atom stereocenters. The molecular formula is C16H16N2O5S. The predicted octanol–water partition coefficient (Wildman–Crippen LogP) is 2.38. The Morgan fingerprint density at radius 1 is 1.29 bits per heavy atom. The number of carbonyl (C=O) groups is 2. The van der Waals surface area contributed by atoms with Crippen molar-refractivity contribution in [2.24, 2.45) is 5.92 Å². The topological polar surface area (TPSA) is 97.8 Å². The zero-order chi connectivity index (χ0) is 17.3. The molecule has 0 saturated carbocycles. The highest BCUT2D eigenvalue weighted by atomic mass is 32.1. The highest BCUT2D eigenvalue weighted by molar-refractivity contribution is 7.16. The Kier molecular flexibility index (Phi) is 4.39. The molecule has 0 fully saturated rings. The number of carboxylic acid groups (broad SMARTS) is 1. The number of aliphatic carboxylic acids is 1. The van der Waals surface area contributed by atoms with Crippen LogP contribution in [0.3, 0.4) is 0 Å². The van der Waals surface area contributed by atoms with E-state index in [0.717, 1.165) is 5.56 Å². The van der Waals surface area contributed by atoms with Crippen molar-refractivity contribution < 1.29 is 24.2 Å². The molecule has 0 bridgehead atoms. The minimum Gasteiger partial charge on any atom is -0.480 e. The number of benzene rings is 1. The number of amides is 1. The summed E-state index contributed by atoms with van der Waals surface area (Å²) in [6.45, 7) is 3.67. The van der Waals surface area contributed by atoms with Crippen LogP contribution in [0.5, 0.6) is 11.5 Å². The first kappa shape index (κ1) is 16.3. The lowest BCUT2D eigenvalue weighted by atomic mass is 10.0. The van der Waals surface area contributed by atoms with E-state index in [0.29, 0.717) is 21.4 Å². The molecule has 126 valence electrons. The van der Waals surface area contributed by atoms with E-state index in [1.807, 2.05) is 6.07 Å². The normalized spacial score (nSPS) is 13.8. The van der Waals surface area contributed by atoms with E-state index in [4.69, 9.17) is 14.6 Å². The predicted molar refractivity (Wildman–Crippen MR) is 87.4 cm³/mol. The molecular weight excluding hydrogens is 332 g/mol. The highest BCUT2D eigenvalue weighted by Crippen LogP contribution is 2.36. The maximum atomic E-state index is 12.2. The smallest absolute Gasteiger partial charge is 0.326 e. The number of carboxylic acids is 1. The third-order valence-electron chi connectivity index (χ3n) is 3.57. The number of ether oxygens (including phenoxy) is 2. The van der Waals surface area contributed by atoms with Gasteiger partial charge in [0.15, 0.2) is 11.5 Å². The van der Waals surface area contributed by atoms with Crippen molar-refractivity contribution in [3.8, 4) is 22.1 Å². The molecule has 1 aliphatic heterocycles. The molecule has 1 atom stereocenters. The molecule has 2 N–H and O–H groups in total. The van der Waals surface area contributed by atoms with E-state index in [9.17, 15) is 9.59 Å². The Morgan fingerprint density at radius 2 is 2.04 bits per heavy atom. The van der Waals surface area contributed by atoms with Crippen molar-refractivity contribution in [1.29, 1.82) is 0 Å². The number of nitrogens with zero attached hydrogens (tertiary/aromatic N) is 1. The Morgan fingerprint density at radius 3 is 2.75 bits per heavy atom. The summed E-state index contributed by atoms with van der Waals surface area (Å²) in [4.78, 5) is 28.0. The van der Waals surface area contributed by atoms with Gasteiger partial charge in [-0.25, -0.2) is 9.78 Å². The van der Waals surface area contributed by atoms with E-state index in [1.54, 1.807) is 26.0 Å². The van der Waals surface area contributed by atoms with Crippen LogP contribution in [0, 0.1) is 5.92 Å². The van der Waals surface area contributed by atoms with Gasteiger partial charge in [-0.2, -0.15) is 0 Å². The van der Waals surface area contributed by atoms with Gasteiger partial charge in [-0.05, 0) is 24.1 Å². The summed E-state index contributed by atoms with van der Waals surface area (Å²) in [6.07, 6.45) is 1.44. The average molecular weight is 348 g/mol. The third kappa shape index (κ3) is 3.18. The first-order chi connectivity index (χ1) is 11.5. The van der Waals surface area contributed by atoms with E-state index in [2.05, 4.69) is 10.3 Å². The molecule has 0 saturated heterocycles. The maximum Gasteiger partial charge on any atom is 0.326 e. The van der Waals surface area contributed by atoms with Crippen LogP contribution in [0.25, 0.3) is 10.6 Å². The van der Waals surface area contributed by atoms with Crippen molar-refractivity contribution in [3.63, 3.8) is 0 Å². The fourth-order valence-electron chi connectivity index (χ4n) is 2.27. The molecule has 7 nitrogen and oxygen atoms in total. The standard InChI is InChI=1S/C16H16N2O5S/c1-8(2)13(16(20)21)18-14(19)12-6-17-15(24-12)9-3-4-10-11(5-9)23-7-22-10/h3-6,8,13H,7H2,1-2H3,(H,18,19)(H,20,21)/t13-/m1/s1. The monoisotopic (exact) mass is 348 g/mol. The van der Waals surface area contributed by atoms with Gasteiger partial charge >= 0.3 is 5.97 Å². The molecule has 0 aliphatic carbocycles. The summed E-state index contributed by atoms with van der Waals surface area (Å²) in [7, 11) is 0. The average Bonchev–Trinajstić information content (AvgIpc) is 3.19. The molecule has 0 radical (unpaired) electrons. The van der Waals surface area contributed by atoms with Crippen LogP contribution in [-0.2, 0) is 4.79 Å². The SMILES string of the molecule is CC(C)[C@@H](NC(=O)c1cnc(-c2ccc3c(c2)OCO3)s1)C(=O)O. The van der Waals surface area contributed by atoms with E-state index < -0.39 is 17.9 Å². The summed E-state index contributed by atoms with van der Waals surface area (Å²) in [5, 5.41) is 12.3. The van der Waals surface area contributed by atoms with Gasteiger partial charge in [-0.3, -0.25) is 4.79 Å². The van der Waals surface area contributed by atoms with Crippen molar-refractivity contribution in [2.75, 3.05) is 6.79 Å². The van der Waals surface area contributed by atoms with Crippen molar-refractivity contribution in [1.82, 2.24) is 10.3 Å². The number of carbonyl (C=O) groups excluding carboxylic acids is 1.